The zero-order valence-corrected chi connectivity index (χ0v) is 16.2. The molecule has 27 heavy (non-hydrogen) atoms. The number of hydrogen-bond acceptors (Lipinski definition) is 6. The summed E-state index contributed by atoms with van der Waals surface area (Å²) in [5, 5.41) is 0. The Morgan fingerprint density at radius 2 is 1.85 bits per heavy atom. The molecule has 0 aliphatic heterocycles. The molecule has 0 aliphatic rings. The van der Waals surface area contributed by atoms with Crippen molar-refractivity contribution >= 4 is 34.0 Å². The highest BCUT2D eigenvalue weighted by Gasteiger charge is 2.26. The van der Waals surface area contributed by atoms with E-state index in [2.05, 4.69) is 18.8 Å². The molecular weight excluding hydrogens is 344 g/mol. The number of benzene rings is 1. The van der Waals surface area contributed by atoms with Crippen LogP contribution in [0.25, 0.3) is 22.2 Å². The van der Waals surface area contributed by atoms with Gasteiger partial charge in [-0.1, -0.05) is 26.0 Å². The first-order valence-corrected chi connectivity index (χ1v) is 9.16. The van der Waals surface area contributed by atoms with E-state index in [4.69, 9.17) is 20.2 Å². The van der Waals surface area contributed by atoms with Crippen LogP contribution in [-0.4, -0.2) is 40.3 Å². The van der Waals surface area contributed by atoms with Crippen molar-refractivity contribution in [2.75, 3.05) is 19.5 Å². The van der Waals surface area contributed by atoms with E-state index in [1.54, 1.807) is 14.0 Å². The van der Waals surface area contributed by atoms with Crippen molar-refractivity contribution in [2.24, 2.45) is 5.92 Å². The van der Waals surface area contributed by atoms with E-state index < -0.39 is 5.97 Å². The molecule has 3 aromatic rings. The van der Waals surface area contributed by atoms with Crippen molar-refractivity contribution in [3.8, 4) is 0 Å². The second kappa shape index (κ2) is 7.92. The molecule has 1 unspecified atom stereocenters. The van der Waals surface area contributed by atoms with E-state index in [1.165, 1.54) is 0 Å². The second-order valence-corrected chi connectivity index (χ2v) is 7.15. The third-order valence-electron chi connectivity index (χ3n) is 4.44. The number of para-hydroxylation sites is 2. The van der Waals surface area contributed by atoms with Crippen LogP contribution in [0.5, 0.6) is 0 Å². The van der Waals surface area contributed by atoms with Crippen LogP contribution < -0.4 is 5.73 Å². The number of nitrogens with two attached hydrogens (primary N) is 1. The van der Waals surface area contributed by atoms with Gasteiger partial charge in [0, 0.05) is 13.7 Å². The number of nitrogens with zero attached hydrogens (tertiary/aromatic N) is 3. The molecule has 0 saturated carbocycles. The SMILES string of the molecule is COCC(C)OC(=O)c1c(N)n(CCC(C)C)c2nc3ccccc3nc12. The number of aryl methyl sites for hydroxylation is 1. The number of aromatic nitrogens is 3. The molecular formula is C20H26N4O3. The Balaban J connectivity index is 2.14. The number of carbonyl (C=O) groups excluding carboxylic acids is 1. The fourth-order valence-corrected chi connectivity index (χ4v) is 3.04. The number of ether oxygens (including phenoxy) is 2. The number of nitrogen functional groups attached to an aromatic ring is 1. The van der Waals surface area contributed by atoms with Gasteiger partial charge in [-0.15, -0.1) is 0 Å². The van der Waals surface area contributed by atoms with Crippen LogP contribution in [0.3, 0.4) is 0 Å². The lowest BCUT2D eigenvalue weighted by Crippen LogP contribution is -2.20. The molecule has 2 heterocycles. The Labute approximate surface area is 158 Å². The fourth-order valence-electron chi connectivity index (χ4n) is 3.04. The molecule has 0 bridgehead atoms. The highest BCUT2D eigenvalue weighted by Crippen LogP contribution is 2.29. The van der Waals surface area contributed by atoms with Gasteiger partial charge in [-0.05, 0) is 31.4 Å². The van der Waals surface area contributed by atoms with Gasteiger partial charge < -0.3 is 19.8 Å². The number of rotatable bonds is 7. The lowest BCUT2D eigenvalue weighted by molar-refractivity contribution is 0.0123. The monoisotopic (exact) mass is 370 g/mol. The highest BCUT2D eigenvalue weighted by atomic mass is 16.6. The van der Waals surface area contributed by atoms with Crippen LogP contribution in [0.15, 0.2) is 24.3 Å². The molecule has 2 aromatic heterocycles. The van der Waals surface area contributed by atoms with Crippen LogP contribution in [-0.2, 0) is 16.0 Å². The first-order chi connectivity index (χ1) is 12.9. The van der Waals surface area contributed by atoms with Gasteiger partial charge in [0.15, 0.2) is 5.65 Å². The smallest absolute Gasteiger partial charge is 0.344 e. The molecule has 0 aliphatic carbocycles. The molecule has 1 atom stereocenters. The van der Waals surface area contributed by atoms with Crippen LogP contribution in [0.1, 0.15) is 37.6 Å². The van der Waals surface area contributed by atoms with Gasteiger partial charge in [0.2, 0.25) is 0 Å². The van der Waals surface area contributed by atoms with Gasteiger partial charge in [-0.2, -0.15) is 0 Å². The number of hydrogen-bond donors (Lipinski definition) is 1. The van der Waals surface area contributed by atoms with Crippen molar-refractivity contribution in [2.45, 2.75) is 39.8 Å². The number of anilines is 1. The van der Waals surface area contributed by atoms with E-state index in [0.717, 1.165) is 11.9 Å². The lowest BCUT2D eigenvalue weighted by Gasteiger charge is -2.12. The van der Waals surface area contributed by atoms with Gasteiger partial charge in [-0.3, -0.25) is 0 Å². The van der Waals surface area contributed by atoms with E-state index in [1.807, 2.05) is 28.8 Å². The van der Waals surface area contributed by atoms with E-state index in [-0.39, 0.29) is 11.7 Å². The van der Waals surface area contributed by atoms with Crippen molar-refractivity contribution in [3.05, 3.63) is 29.8 Å². The van der Waals surface area contributed by atoms with Crippen molar-refractivity contribution in [1.82, 2.24) is 14.5 Å². The van der Waals surface area contributed by atoms with E-state index in [9.17, 15) is 4.79 Å². The van der Waals surface area contributed by atoms with Gasteiger partial charge in [0.25, 0.3) is 0 Å². The molecule has 7 nitrogen and oxygen atoms in total. The van der Waals surface area contributed by atoms with Gasteiger partial charge >= 0.3 is 5.97 Å². The number of esters is 1. The lowest BCUT2D eigenvalue weighted by atomic mass is 10.1. The summed E-state index contributed by atoms with van der Waals surface area (Å²) in [6, 6.07) is 7.57. The minimum Gasteiger partial charge on any atom is -0.456 e. The summed E-state index contributed by atoms with van der Waals surface area (Å²) in [6.07, 6.45) is 0.529. The van der Waals surface area contributed by atoms with Gasteiger partial charge in [0.1, 0.15) is 23.0 Å². The summed E-state index contributed by atoms with van der Waals surface area (Å²) >= 11 is 0. The van der Waals surface area contributed by atoms with Gasteiger partial charge in [0.05, 0.1) is 17.6 Å². The summed E-state index contributed by atoms with van der Waals surface area (Å²) in [5.74, 6) is 0.331. The molecule has 2 N–H and O–H groups in total. The van der Waals surface area contributed by atoms with Crippen LogP contribution in [0, 0.1) is 5.92 Å². The molecule has 0 saturated heterocycles. The fraction of sp³-hybridized carbons (Fsp3) is 0.450. The first kappa shape index (κ1) is 19.1. The quantitative estimate of drug-likeness (QED) is 0.641. The van der Waals surface area contributed by atoms with Gasteiger partial charge in [-0.25, -0.2) is 14.8 Å². The summed E-state index contributed by atoms with van der Waals surface area (Å²) in [4.78, 5) is 22.2. The first-order valence-electron chi connectivity index (χ1n) is 9.16. The Morgan fingerprint density at radius 3 is 2.48 bits per heavy atom. The predicted molar refractivity (Wildman–Crippen MR) is 106 cm³/mol. The average molecular weight is 370 g/mol. The largest absolute Gasteiger partial charge is 0.456 e. The molecule has 0 spiro atoms. The molecule has 0 fully saturated rings. The summed E-state index contributed by atoms with van der Waals surface area (Å²) in [7, 11) is 1.56. The molecule has 1 aromatic carbocycles. The zero-order chi connectivity index (χ0) is 19.6. The topological polar surface area (TPSA) is 92.3 Å². The third-order valence-corrected chi connectivity index (χ3v) is 4.44. The molecule has 7 heteroatoms. The number of methoxy groups -OCH3 is 1. The summed E-state index contributed by atoms with van der Waals surface area (Å²) in [6.45, 7) is 7.03. The minimum atomic E-state index is -0.505. The molecule has 3 rings (SSSR count). The summed E-state index contributed by atoms with van der Waals surface area (Å²) in [5.41, 5.74) is 9.20. The third kappa shape index (κ3) is 3.88. The number of fused-ring (bicyclic) bond motifs is 2. The Bertz CT molecular complexity index is 965. The van der Waals surface area contributed by atoms with Crippen LogP contribution in [0.4, 0.5) is 5.82 Å². The maximum absolute atomic E-state index is 12.8. The van der Waals surface area contributed by atoms with Crippen molar-refractivity contribution in [3.63, 3.8) is 0 Å². The van der Waals surface area contributed by atoms with Crippen molar-refractivity contribution < 1.29 is 14.3 Å². The van der Waals surface area contributed by atoms with Crippen LogP contribution in [0.2, 0.25) is 0 Å². The Morgan fingerprint density at radius 1 is 1.19 bits per heavy atom. The molecule has 144 valence electrons. The Kier molecular flexibility index (Phi) is 5.60. The van der Waals surface area contributed by atoms with E-state index in [0.29, 0.717) is 41.6 Å². The van der Waals surface area contributed by atoms with Crippen molar-refractivity contribution in [1.29, 1.82) is 0 Å². The maximum Gasteiger partial charge on any atom is 0.344 e. The normalized spacial score (nSPS) is 12.8. The standard InChI is InChI=1S/C20H26N4O3/c1-12(2)9-10-24-18(21)16(20(25)27-13(3)11-26-4)17-19(24)23-15-8-6-5-7-14(15)22-17/h5-8,12-13H,9-11,21H2,1-4H3. The maximum atomic E-state index is 12.8. The minimum absolute atomic E-state index is 0.273. The average Bonchev–Trinajstić information content (AvgIpc) is 2.88. The predicted octanol–water partition coefficient (Wildman–Crippen LogP) is 3.40. The highest BCUT2D eigenvalue weighted by molar-refractivity contribution is 6.08. The molecule has 0 amide bonds. The Hall–Kier alpha value is -2.67. The summed E-state index contributed by atoms with van der Waals surface area (Å²) < 4.78 is 12.4. The zero-order valence-electron chi connectivity index (χ0n) is 16.2. The van der Waals surface area contributed by atoms with Crippen LogP contribution >= 0.6 is 0 Å². The second-order valence-electron chi connectivity index (χ2n) is 7.15. The molecule has 0 radical (unpaired) electrons. The van der Waals surface area contributed by atoms with E-state index >= 15 is 0 Å². The number of carbonyl (C=O) groups is 1.